The molecule has 0 aliphatic heterocycles. The molecule has 0 heterocycles. The van der Waals surface area contributed by atoms with Crippen molar-refractivity contribution in [2.24, 2.45) is 5.73 Å². The molecule has 0 bridgehead atoms. The Balaban J connectivity index is 2.11. The van der Waals surface area contributed by atoms with Crippen LogP contribution in [0.2, 0.25) is 0 Å². The number of nitro benzene ring substituents is 1. The fourth-order valence-electron chi connectivity index (χ4n) is 3.15. The van der Waals surface area contributed by atoms with Gasteiger partial charge in [-0.3, -0.25) is 14.9 Å². The maximum Gasteiger partial charge on any atom is 0.269 e. The van der Waals surface area contributed by atoms with Crippen LogP contribution >= 0.6 is 0 Å². The summed E-state index contributed by atoms with van der Waals surface area (Å²) in [5.41, 5.74) is 5.83. The van der Waals surface area contributed by atoms with Gasteiger partial charge in [0.2, 0.25) is 9.84 Å². The van der Waals surface area contributed by atoms with Gasteiger partial charge in [0.25, 0.3) is 11.6 Å². The SMILES string of the molecule is COc1ccccc1NC(=O)c1c(NCCN)cccc1S(=O)(=O)c1ccc([N+](=O)[O-])cc1. The van der Waals surface area contributed by atoms with Gasteiger partial charge in [0.1, 0.15) is 5.75 Å². The van der Waals surface area contributed by atoms with Crippen molar-refractivity contribution in [1.82, 2.24) is 0 Å². The fourth-order valence-corrected chi connectivity index (χ4v) is 4.63. The van der Waals surface area contributed by atoms with E-state index in [-0.39, 0.29) is 33.3 Å². The number of carbonyl (C=O) groups is 1. The maximum absolute atomic E-state index is 13.4. The third-order valence-corrected chi connectivity index (χ3v) is 6.53. The van der Waals surface area contributed by atoms with Gasteiger partial charge in [-0.1, -0.05) is 18.2 Å². The van der Waals surface area contributed by atoms with Crippen molar-refractivity contribution in [3.05, 3.63) is 82.4 Å². The Labute approximate surface area is 190 Å². The third kappa shape index (κ3) is 5.10. The van der Waals surface area contributed by atoms with Gasteiger partial charge in [-0.05, 0) is 36.4 Å². The summed E-state index contributed by atoms with van der Waals surface area (Å²) in [5, 5.41) is 16.6. The van der Waals surface area contributed by atoms with Crippen LogP contribution in [0.1, 0.15) is 10.4 Å². The number of anilines is 2. The predicted molar refractivity (Wildman–Crippen MR) is 123 cm³/mol. The number of sulfone groups is 1. The molecule has 1 amide bonds. The van der Waals surface area contributed by atoms with Gasteiger partial charge in [0, 0.05) is 30.9 Å². The molecule has 0 saturated carbocycles. The molecule has 0 fully saturated rings. The average molecular weight is 471 g/mol. The van der Waals surface area contributed by atoms with E-state index >= 15 is 0 Å². The Bertz CT molecular complexity index is 1280. The number of hydrogen-bond acceptors (Lipinski definition) is 8. The van der Waals surface area contributed by atoms with Gasteiger partial charge in [-0.15, -0.1) is 0 Å². The van der Waals surface area contributed by atoms with Crippen LogP contribution < -0.4 is 21.1 Å². The number of benzene rings is 3. The van der Waals surface area contributed by atoms with Crippen LogP contribution in [0.3, 0.4) is 0 Å². The standard InChI is InChI=1S/C22H22N4O6S/c1-32-19-7-3-2-5-17(19)25-22(27)21-18(24-14-13-23)6-4-8-20(21)33(30,31)16-11-9-15(10-12-16)26(28)29/h2-12,24H,13-14,23H2,1H3,(H,25,27). The molecule has 4 N–H and O–H groups in total. The number of methoxy groups -OCH3 is 1. The van der Waals surface area contributed by atoms with Crippen LogP contribution in [0.15, 0.2) is 76.5 Å². The maximum atomic E-state index is 13.4. The van der Waals surface area contributed by atoms with Crippen LogP contribution in [-0.4, -0.2) is 39.4 Å². The Morgan fingerprint density at radius 3 is 2.33 bits per heavy atom. The Kier molecular flexibility index (Phi) is 7.26. The molecule has 3 aromatic rings. The number of carbonyl (C=O) groups excluding carboxylic acids is 1. The van der Waals surface area contributed by atoms with Crippen molar-refractivity contribution in [1.29, 1.82) is 0 Å². The lowest BCUT2D eigenvalue weighted by Crippen LogP contribution is -2.21. The lowest BCUT2D eigenvalue weighted by atomic mass is 10.1. The van der Waals surface area contributed by atoms with E-state index in [2.05, 4.69) is 10.6 Å². The third-order valence-electron chi connectivity index (χ3n) is 4.72. The van der Waals surface area contributed by atoms with Crippen molar-refractivity contribution in [3.8, 4) is 5.75 Å². The molecule has 0 aliphatic carbocycles. The van der Waals surface area contributed by atoms with Gasteiger partial charge < -0.3 is 21.1 Å². The van der Waals surface area contributed by atoms with Gasteiger partial charge in [-0.25, -0.2) is 8.42 Å². The second kappa shape index (κ2) is 10.1. The predicted octanol–water partition coefficient (Wildman–Crippen LogP) is 3.06. The number of para-hydroxylation sites is 2. The Hall–Kier alpha value is -3.96. The van der Waals surface area contributed by atoms with E-state index in [1.165, 1.54) is 19.2 Å². The van der Waals surface area contributed by atoms with Gasteiger partial charge >= 0.3 is 0 Å². The molecule has 0 unspecified atom stereocenters. The van der Waals surface area contributed by atoms with Crippen molar-refractivity contribution in [2.45, 2.75) is 9.79 Å². The van der Waals surface area contributed by atoms with E-state index in [1.54, 1.807) is 30.3 Å². The molecule has 0 atom stereocenters. The van der Waals surface area contributed by atoms with Crippen LogP contribution in [-0.2, 0) is 9.84 Å². The fraction of sp³-hybridized carbons (Fsp3) is 0.136. The van der Waals surface area contributed by atoms with Gasteiger partial charge in [0.05, 0.1) is 33.1 Å². The highest BCUT2D eigenvalue weighted by Gasteiger charge is 2.28. The largest absolute Gasteiger partial charge is 0.495 e. The highest BCUT2D eigenvalue weighted by Crippen LogP contribution is 2.32. The minimum Gasteiger partial charge on any atom is -0.495 e. The molecule has 0 spiro atoms. The summed E-state index contributed by atoms with van der Waals surface area (Å²) in [4.78, 5) is 23.2. The quantitative estimate of drug-likeness (QED) is 0.318. The number of nitrogens with one attached hydrogen (secondary N) is 2. The zero-order chi connectivity index (χ0) is 24.0. The molecular weight excluding hydrogens is 448 g/mol. The highest BCUT2D eigenvalue weighted by molar-refractivity contribution is 7.91. The second-order valence-corrected chi connectivity index (χ2v) is 8.72. The van der Waals surface area contributed by atoms with Gasteiger partial charge in [0.15, 0.2) is 0 Å². The van der Waals surface area contributed by atoms with E-state index in [0.717, 1.165) is 24.3 Å². The van der Waals surface area contributed by atoms with Crippen LogP contribution in [0.4, 0.5) is 17.1 Å². The molecule has 0 aliphatic rings. The zero-order valence-electron chi connectivity index (χ0n) is 17.6. The van der Waals surface area contributed by atoms with Crippen LogP contribution in [0.25, 0.3) is 0 Å². The van der Waals surface area contributed by atoms with Gasteiger partial charge in [-0.2, -0.15) is 0 Å². The molecule has 0 aromatic heterocycles. The number of rotatable bonds is 9. The minimum absolute atomic E-state index is 0.116. The number of nitrogens with two attached hydrogens (primary N) is 1. The first-order valence-electron chi connectivity index (χ1n) is 9.80. The zero-order valence-corrected chi connectivity index (χ0v) is 18.5. The number of nitrogens with zero attached hydrogens (tertiary/aromatic N) is 1. The first-order chi connectivity index (χ1) is 15.8. The lowest BCUT2D eigenvalue weighted by molar-refractivity contribution is -0.384. The van der Waals surface area contributed by atoms with E-state index in [1.807, 2.05) is 0 Å². The Morgan fingerprint density at radius 1 is 1.03 bits per heavy atom. The molecule has 3 aromatic carbocycles. The van der Waals surface area contributed by atoms with E-state index < -0.39 is 20.7 Å². The number of amides is 1. The van der Waals surface area contributed by atoms with E-state index in [9.17, 15) is 23.3 Å². The van der Waals surface area contributed by atoms with E-state index in [0.29, 0.717) is 18.0 Å². The number of nitro groups is 1. The molecular formula is C22H22N4O6S. The topological polar surface area (TPSA) is 154 Å². The summed E-state index contributed by atoms with van der Waals surface area (Å²) in [7, 11) is -2.75. The molecule has 0 saturated heterocycles. The Morgan fingerprint density at radius 2 is 1.70 bits per heavy atom. The summed E-state index contributed by atoms with van der Waals surface area (Å²) in [5.74, 6) is -0.280. The summed E-state index contributed by atoms with van der Waals surface area (Å²) in [6, 6.07) is 15.5. The van der Waals surface area contributed by atoms with Crippen molar-refractivity contribution in [2.75, 3.05) is 30.8 Å². The normalized spacial score (nSPS) is 11.0. The van der Waals surface area contributed by atoms with Crippen molar-refractivity contribution >= 4 is 32.8 Å². The van der Waals surface area contributed by atoms with Crippen molar-refractivity contribution in [3.63, 3.8) is 0 Å². The van der Waals surface area contributed by atoms with Crippen LogP contribution in [0.5, 0.6) is 5.75 Å². The first-order valence-corrected chi connectivity index (χ1v) is 11.3. The van der Waals surface area contributed by atoms with Crippen LogP contribution in [0, 0.1) is 10.1 Å². The minimum atomic E-state index is -4.20. The second-order valence-electron chi connectivity index (χ2n) is 6.80. The van der Waals surface area contributed by atoms with Crippen molar-refractivity contribution < 1.29 is 22.9 Å². The molecule has 3 rings (SSSR count). The molecule has 11 heteroatoms. The lowest BCUT2D eigenvalue weighted by Gasteiger charge is -2.17. The highest BCUT2D eigenvalue weighted by atomic mass is 32.2. The molecule has 33 heavy (non-hydrogen) atoms. The summed E-state index contributed by atoms with van der Waals surface area (Å²) in [6.45, 7) is 0.558. The van der Waals surface area contributed by atoms with E-state index in [4.69, 9.17) is 10.5 Å². The number of non-ortho nitro benzene ring substituents is 1. The molecule has 0 radical (unpaired) electrons. The monoisotopic (exact) mass is 470 g/mol. The summed E-state index contributed by atoms with van der Waals surface area (Å²) < 4.78 is 32.1. The first kappa shape index (κ1) is 23.7. The average Bonchev–Trinajstić information content (AvgIpc) is 2.82. The number of ether oxygens (including phenoxy) is 1. The molecule has 172 valence electrons. The summed E-state index contributed by atoms with van der Waals surface area (Å²) >= 11 is 0. The molecule has 10 nitrogen and oxygen atoms in total. The summed E-state index contributed by atoms with van der Waals surface area (Å²) in [6.07, 6.45) is 0. The smallest absolute Gasteiger partial charge is 0.269 e. The number of hydrogen-bond donors (Lipinski definition) is 3.